The Labute approximate surface area is 222 Å². The van der Waals surface area contributed by atoms with Gasteiger partial charge in [0.1, 0.15) is 12.1 Å². The Morgan fingerprint density at radius 1 is 0.861 bits per heavy atom. The molecule has 0 saturated heterocycles. The van der Waals surface area contributed by atoms with E-state index in [2.05, 4.69) is 20.6 Å². The minimum absolute atomic E-state index is 0. The number of esters is 1. The zero-order valence-corrected chi connectivity index (χ0v) is 21.4. The second-order valence-electron chi connectivity index (χ2n) is 7.91. The molecule has 2 amide bonds. The Hall–Kier alpha value is -3.40. The van der Waals surface area contributed by atoms with Gasteiger partial charge in [-0.15, -0.1) is 24.8 Å². The molecule has 0 aliphatic heterocycles. The average molecular weight is 536 g/mol. The van der Waals surface area contributed by atoms with Crippen LogP contribution < -0.4 is 16.4 Å². The van der Waals surface area contributed by atoms with E-state index in [1.807, 2.05) is 60.7 Å². The van der Waals surface area contributed by atoms with Crippen molar-refractivity contribution in [3.63, 3.8) is 0 Å². The predicted molar refractivity (Wildman–Crippen MR) is 141 cm³/mol. The lowest BCUT2D eigenvalue weighted by Crippen LogP contribution is -2.56. The molecule has 36 heavy (non-hydrogen) atoms. The Morgan fingerprint density at radius 2 is 1.42 bits per heavy atom. The highest BCUT2D eigenvalue weighted by Crippen LogP contribution is 2.08. The Balaban J connectivity index is 0.00000324. The van der Waals surface area contributed by atoms with Crippen molar-refractivity contribution < 1.29 is 19.1 Å². The molecular formula is C25H31Cl2N5O4. The molecule has 3 unspecified atom stereocenters. The van der Waals surface area contributed by atoms with Crippen LogP contribution in [0.1, 0.15) is 16.8 Å². The summed E-state index contributed by atoms with van der Waals surface area (Å²) in [5.41, 5.74) is 8.55. The second kappa shape index (κ2) is 15.6. The minimum atomic E-state index is -0.953. The minimum Gasteiger partial charge on any atom is -0.467 e. The van der Waals surface area contributed by atoms with Gasteiger partial charge in [-0.3, -0.25) is 9.59 Å². The summed E-state index contributed by atoms with van der Waals surface area (Å²) in [4.78, 5) is 45.2. The van der Waals surface area contributed by atoms with Crippen molar-refractivity contribution in [2.75, 3.05) is 7.11 Å². The molecule has 9 nitrogen and oxygen atoms in total. The maximum absolute atomic E-state index is 13.2. The molecule has 0 spiro atoms. The number of nitrogens with zero attached hydrogens (tertiary/aromatic N) is 1. The first-order valence-corrected chi connectivity index (χ1v) is 11.0. The third-order valence-electron chi connectivity index (χ3n) is 5.33. The molecule has 5 N–H and O–H groups in total. The molecule has 0 radical (unpaired) electrons. The number of aromatic amines is 1. The molecule has 1 aromatic heterocycles. The molecule has 0 aliphatic carbocycles. The molecule has 194 valence electrons. The van der Waals surface area contributed by atoms with Crippen LogP contribution in [-0.2, 0) is 38.4 Å². The number of carbonyl (C=O) groups excluding carboxylic acids is 3. The highest BCUT2D eigenvalue weighted by molar-refractivity contribution is 5.92. The van der Waals surface area contributed by atoms with E-state index >= 15 is 0 Å². The fourth-order valence-corrected chi connectivity index (χ4v) is 3.52. The van der Waals surface area contributed by atoms with E-state index < -0.39 is 35.9 Å². The highest BCUT2D eigenvalue weighted by atomic mass is 35.5. The molecule has 2 aromatic carbocycles. The fraction of sp³-hybridized carbons (Fsp3) is 0.280. The molecule has 3 aromatic rings. The lowest BCUT2D eigenvalue weighted by Gasteiger charge is -2.23. The number of hydrogen-bond donors (Lipinski definition) is 4. The molecule has 11 heteroatoms. The van der Waals surface area contributed by atoms with Crippen LogP contribution in [0.3, 0.4) is 0 Å². The maximum atomic E-state index is 13.2. The van der Waals surface area contributed by atoms with Crippen LogP contribution in [-0.4, -0.2) is 53.0 Å². The number of rotatable bonds is 11. The number of H-pyrrole nitrogens is 1. The normalized spacial score (nSPS) is 12.6. The number of methoxy groups -OCH3 is 1. The summed E-state index contributed by atoms with van der Waals surface area (Å²) in [7, 11) is 1.25. The monoisotopic (exact) mass is 535 g/mol. The highest BCUT2D eigenvalue weighted by Gasteiger charge is 2.29. The van der Waals surface area contributed by atoms with E-state index in [-0.39, 0.29) is 37.7 Å². The summed E-state index contributed by atoms with van der Waals surface area (Å²) < 4.78 is 4.85. The van der Waals surface area contributed by atoms with Crippen LogP contribution in [0.2, 0.25) is 0 Å². The molecule has 0 bridgehead atoms. The van der Waals surface area contributed by atoms with Gasteiger partial charge in [0.2, 0.25) is 11.8 Å². The first kappa shape index (κ1) is 30.6. The van der Waals surface area contributed by atoms with Crippen molar-refractivity contribution in [1.82, 2.24) is 20.6 Å². The maximum Gasteiger partial charge on any atom is 0.328 e. The Bertz CT molecular complexity index is 1070. The molecule has 0 saturated carbocycles. The smallest absolute Gasteiger partial charge is 0.328 e. The third kappa shape index (κ3) is 9.33. The standard InChI is InChI=1S/C25H29N5O4.2ClH/c1-34-25(33)22(14-19-15-27-16-28-19)30-24(32)21(13-18-10-6-3-7-11-18)29-23(31)20(26)12-17-8-4-2-5-9-17;;/h2-11,15-16,20-22H,12-14,26H2,1H3,(H,27,28)(H,29,31)(H,30,32);2*1H. The van der Waals surface area contributed by atoms with Crippen LogP contribution in [0.25, 0.3) is 0 Å². The lowest BCUT2D eigenvalue weighted by molar-refractivity contribution is -0.145. The van der Waals surface area contributed by atoms with Crippen molar-refractivity contribution in [3.05, 3.63) is 90.0 Å². The Morgan fingerprint density at radius 3 is 1.94 bits per heavy atom. The summed E-state index contributed by atoms with van der Waals surface area (Å²) in [6.07, 6.45) is 3.77. The van der Waals surface area contributed by atoms with Gasteiger partial charge in [0.25, 0.3) is 0 Å². The van der Waals surface area contributed by atoms with E-state index in [4.69, 9.17) is 10.5 Å². The van der Waals surface area contributed by atoms with Crippen LogP contribution in [0.4, 0.5) is 0 Å². The third-order valence-corrected chi connectivity index (χ3v) is 5.33. The Kier molecular flexibility index (Phi) is 13.2. The largest absolute Gasteiger partial charge is 0.467 e. The first-order valence-electron chi connectivity index (χ1n) is 11.0. The van der Waals surface area contributed by atoms with Crippen molar-refractivity contribution in [2.45, 2.75) is 37.4 Å². The molecule has 1 heterocycles. The van der Waals surface area contributed by atoms with Crippen LogP contribution in [0.5, 0.6) is 0 Å². The zero-order chi connectivity index (χ0) is 24.3. The van der Waals surface area contributed by atoms with E-state index in [1.165, 1.54) is 13.4 Å². The summed E-state index contributed by atoms with van der Waals surface area (Å²) in [6.45, 7) is 0. The van der Waals surface area contributed by atoms with Gasteiger partial charge < -0.3 is 26.1 Å². The topological polar surface area (TPSA) is 139 Å². The summed E-state index contributed by atoms with van der Waals surface area (Å²) in [6, 6.07) is 16.0. The van der Waals surface area contributed by atoms with Gasteiger partial charge >= 0.3 is 5.97 Å². The number of nitrogens with two attached hydrogens (primary N) is 1. The van der Waals surface area contributed by atoms with Gasteiger partial charge in [-0.2, -0.15) is 0 Å². The van der Waals surface area contributed by atoms with E-state index in [9.17, 15) is 14.4 Å². The number of hydrogen-bond acceptors (Lipinski definition) is 6. The second-order valence-corrected chi connectivity index (χ2v) is 7.91. The molecule has 0 fully saturated rings. The number of nitrogens with one attached hydrogen (secondary N) is 3. The SMILES string of the molecule is COC(=O)C(Cc1cnc[nH]1)NC(=O)C(Cc1ccccc1)NC(=O)C(N)Cc1ccccc1.Cl.Cl. The van der Waals surface area contributed by atoms with Gasteiger partial charge in [-0.1, -0.05) is 60.7 Å². The van der Waals surface area contributed by atoms with Crippen LogP contribution in [0, 0.1) is 0 Å². The quantitative estimate of drug-likeness (QED) is 0.276. The number of ether oxygens (including phenoxy) is 1. The predicted octanol–water partition coefficient (Wildman–Crippen LogP) is 1.75. The van der Waals surface area contributed by atoms with E-state index in [1.54, 1.807) is 6.20 Å². The summed E-state index contributed by atoms with van der Waals surface area (Å²) >= 11 is 0. The first-order chi connectivity index (χ1) is 16.5. The van der Waals surface area contributed by atoms with Gasteiger partial charge in [0.05, 0.1) is 19.5 Å². The number of halogens is 2. The molecule has 3 atom stereocenters. The zero-order valence-electron chi connectivity index (χ0n) is 19.8. The van der Waals surface area contributed by atoms with Gasteiger partial charge in [0.15, 0.2) is 0 Å². The van der Waals surface area contributed by atoms with Crippen LogP contribution >= 0.6 is 24.8 Å². The average Bonchev–Trinajstić information content (AvgIpc) is 3.37. The molecule has 0 aliphatic rings. The van der Waals surface area contributed by atoms with Crippen molar-refractivity contribution in [1.29, 1.82) is 0 Å². The van der Waals surface area contributed by atoms with Gasteiger partial charge in [-0.25, -0.2) is 9.78 Å². The number of imidazole rings is 1. The van der Waals surface area contributed by atoms with Crippen molar-refractivity contribution >= 4 is 42.6 Å². The molecule has 3 rings (SSSR count). The lowest BCUT2D eigenvalue weighted by atomic mass is 10.0. The van der Waals surface area contributed by atoms with Gasteiger partial charge in [-0.05, 0) is 17.5 Å². The van der Waals surface area contributed by atoms with E-state index in [0.29, 0.717) is 12.1 Å². The number of carbonyl (C=O) groups is 3. The van der Waals surface area contributed by atoms with Crippen molar-refractivity contribution in [2.24, 2.45) is 5.73 Å². The van der Waals surface area contributed by atoms with E-state index in [0.717, 1.165) is 11.1 Å². The summed E-state index contributed by atoms with van der Waals surface area (Å²) in [5.74, 6) is -1.57. The summed E-state index contributed by atoms with van der Waals surface area (Å²) in [5, 5.41) is 5.46. The van der Waals surface area contributed by atoms with Crippen LogP contribution in [0.15, 0.2) is 73.2 Å². The fourth-order valence-electron chi connectivity index (χ4n) is 3.52. The number of aromatic nitrogens is 2. The molecular weight excluding hydrogens is 505 g/mol. The number of benzene rings is 2. The van der Waals surface area contributed by atoms with Gasteiger partial charge in [0, 0.05) is 24.7 Å². The number of amides is 2. The van der Waals surface area contributed by atoms with Crippen molar-refractivity contribution in [3.8, 4) is 0 Å².